The van der Waals surface area contributed by atoms with E-state index in [1.54, 1.807) is 12.4 Å². The zero-order valence-electron chi connectivity index (χ0n) is 12.3. The van der Waals surface area contributed by atoms with E-state index in [4.69, 9.17) is 5.26 Å². The lowest BCUT2D eigenvalue weighted by Crippen LogP contribution is -2.36. The number of likely N-dealkylation sites (tertiary alicyclic amines) is 1. The molecule has 3 rings (SSSR count). The van der Waals surface area contributed by atoms with E-state index < -0.39 is 0 Å². The molecule has 6 heteroatoms. The van der Waals surface area contributed by atoms with Crippen molar-refractivity contribution in [2.24, 2.45) is 0 Å². The van der Waals surface area contributed by atoms with Crippen molar-refractivity contribution in [2.45, 2.75) is 32.2 Å². The molecule has 1 fully saturated rings. The number of rotatable bonds is 4. The molecular weight excluding hydrogens is 264 g/mol. The highest BCUT2D eigenvalue weighted by atomic mass is 15.3. The van der Waals surface area contributed by atoms with Gasteiger partial charge in [0, 0.05) is 30.9 Å². The van der Waals surface area contributed by atoms with Crippen LogP contribution in [0, 0.1) is 18.3 Å². The van der Waals surface area contributed by atoms with Crippen molar-refractivity contribution in [3.8, 4) is 6.07 Å². The van der Waals surface area contributed by atoms with Crippen molar-refractivity contribution >= 4 is 0 Å². The fourth-order valence-corrected chi connectivity index (χ4v) is 2.94. The summed E-state index contributed by atoms with van der Waals surface area (Å²) in [6.07, 6.45) is 5.84. The second-order valence-electron chi connectivity index (χ2n) is 5.72. The van der Waals surface area contributed by atoms with Crippen molar-refractivity contribution in [3.63, 3.8) is 0 Å². The minimum absolute atomic E-state index is 0.524. The van der Waals surface area contributed by atoms with Gasteiger partial charge in [0.15, 0.2) is 0 Å². The molecule has 0 aromatic carbocycles. The number of nitrogens with one attached hydrogen (secondary N) is 1. The number of hydrogen-bond acceptors (Lipinski definition) is 4. The Morgan fingerprint density at radius 2 is 2.38 bits per heavy atom. The van der Waals surface area contributed by atoms with Gasteiger partial charge in [-0.1, -0.05) is 0 Å². The van der Waals surface area contributed by atoms with Gasteiger partial charge in [-0.2, -0.15) is 15.5 Å². The largest absolute Gasteiger partial charge is 0.301 e. The maximum absolute atomic E-state index is 8.81. The summed E-state index contributed by atoms with van der Waals surface area (Å²) in [7, 11) is 0. The zero-order valence-corrected chi connectivity index (χ0v) is 12.3. The lowest BCUT2D eigenvalue weighted by atomic mass is 9.95. The molecule has 1 aliphatic rings. The summed E-state index contributed by atoms with van der Waals surface area (Å²) in [6.45, 7) is 6.02. The highest BCUT2D eigenvalue weighted by Gasteiger charge is 2.22. The molecule has 0 spiro atoms. The van der Waals surface area contributed by atoms with Crippen molar-refractivity contribution < 1.29 is 0 Å². The number of H-pyrrole nitrogens is 1. The molecule has 1 aliphatic heterocycles. The van der Waals surface area contributed by atoms with E-state index in [1.165, 1.54) is 18.5 Å². The Balaban J connectivity index is 1.55. The van der Waals surface area contributed by atoms with E-state index in [0.29, 0.717) is 11.5 Å². The molecule has 0 bridgehead atoms. The van der Waals surface area contributed by atoms with Gasteiger partial charge in [-0.05, 0) is 32.4 Å². The first-order valence-corrected chi connectivity index (χ1v) is 7.41. The Bertz CT molecular complexity index is 635. The molecule has 1 atom stereocenters. The van der Waals surface area contributed by atoms with Gasteiger partial charge in [0.1, 0.15) is 6.07 Å². The Labute approximate surface area is 124 Å². The first-order valence-electron chi connectivity index (χ1n) is 7.41. The van der Waals surface area contributed by atoms with E-state index in [0.717, 1.165) is 31.9 Å². The Kier molecular flexibility index (Phi) is 4.02. The molecule has 1 saturated heterocycles. The molecule has 21 heavy (non-hydrogen) atoms. The van der Waals surface area contributed by atoms with Crippen LogP contribution in [0.15, 0.2) is 18.5 Å². The lowest BCUT2D eigenvalue weighted by Gasteiger charge is -2.31. The van der Waals surface area contributed by atoms with Crippen LogP contribution in [0.25, 0.3) is 0 Å². The average Bonchev–Trinajstić information content (AvgIpc) is 3.14. The molecule has 110 valence electrons. The van der Waals surface area contributed by atoms with Crippen LogP contribution in [0.1, 0.15) is 35.7 Å². The van der Waals surface area contributed by atoms with Gasteiger partial charge >= 0.3 is 0 Å². The SMILES string of the molecule is Cc1cc(C2CCCN(CCn3cc(C#N)cn3)C2)n[nH]1. The second kappa shape index (κ2) is 6.10. The minimum atomic E-state index is 0.524. The van der Waals surface area contributed by atoms with Gasteiger partial charge in [0.2, 0.25) is 0 Å². The number of aromatic amines is 1. The number of nitriles is 1. The Hall–Kier alpha value is -2.13. The van der Waals surface area contributed by atoms with Gasteiger partial charge in [0.05, 0.1) is 24.0 Å². The van der Waals surface area contributed by atoms with Crippen molar-refractivity contribution in [3.05, 3.63) is 35.4 Å². The van der Waals surface area contributed by atoms with Crippen LogP contribution >= 0.6 is 0 Å². The monoisotopic (exact) mass is 284 g/mol. The first-order chi connectivity index (χ1) is 10.2. The average molecular weight is 284 g/mol. The van der Waals surface area contributed by atoms with Gasteiger partial charge < -0.3 is 4.90 Å². The third-order valence-corrected chi connectivity index (χ3v) is 4.06. The summed E-state index contributed by atoms with van der Waals surface area (Å²) in [5, 5.41) is 20.4. The third-order valence-electron chi connectivity index (χ3n) is 4.06. The number of piperidine rings is 1. The summed E-state index contributed by atoms with van der Waals surface area (Å²) in [4.78, 5) is 2.46. The second-order valence-corrected chi connectivity index (χ2v) is 5.72. The van der Waals surface area contributed by atoms with Crippen LogP contribution in [0.5, 0.6) is 0 Å². The fourth-order valence-electron chi connectivity index (χ4n) is 2.94. The summed E-state index contributed by atoms with van der Waals surface area (Å²) < 4.78 is 1.85. The van der Waals surface area contributed by atoms with Crippen LogP contribution in [-0.2, 0) is 6.54 Å². The predicted octanol–water partition coefficient (Wildman–Crippen LogP) is 1.67. The van der Waals surface area contributed by atoms with E-state index in [1.807, 2.05) is 11.6 Å². The van der Waals surface area contributed by atoms with E-state index in [2.05, 4.69) is 32.3 Å². The summed E-state index contributed by atoms with van der Waals surface area (Å²) in [5.41, 5.74) is 2.93. The van der Waals surface area contributed by atoms with Crippen molar-refractivity contribution in [1.29, 1.82) is 5.26 Å². The molecule has 0 amide bonds. The standard InChI is InChI=1S/C15H20N6/c1-12-7-15(19-18-12)14-3-2-4-20(11-14)5-6-21-10-13(8-16)9-17-21/h7,9-10,14H,2-6,11H2,1H3,(H,18,19). The van der Waals surface area contributed by atoms with Gasteiger partial charge in [-0.25, -0.2) is 0 Å². The summed E-state index contributed by atoms with van der Waals surface area (Å²) in [5.74, 6) is 0.524. The van der Waals surface area contributed by atoms with Crippen LogP contribution < -0.4 is 0 Å². The third kappa shape index (κ3) is 3.31. The maximum Gasteiger partial charge on any atom is 0.102 e. The van der Waals surface area contributed by atoms with E-state index >= 15 is 0 Å². The minimum Gasteiger partial charge on any atom is -0.301 e. The zero-order chi connectivity index (χ0) is 14.7. The van der Waals surface area contributed by atoms with Gasteiger partial charge in [-0.15, -0.1) is 0 Å². The van der Waals surface area contributed by atoms with Gasteiger partial charge in [-0.3, -0.25) is 9.78 Å². The Morgan fingerprint density at radius 3 is 3.10 bits per heavy atom. The quantitative estimate of drug-likeness (QED) is 0.926. The van der Waals surface area contributed by atoms with Crippen LogP contribution in [0.3, 0.4) is 0 Å². The molecule has 3 heterocycles. The molecule has 6 nitrogen and oxygen atoms in total. The van der Waals surface area contributed by atoms with Crippen molar-refractivity contribution in [2.75, 3.05) is 19.6 Å². The highest BCUT2D eigenvalue weighted by molar-refractivity contribution is 5.21. The normalized spacial score (nSPS) is 19.5. The fraction of sp³-hybridized carbons (Fsp3) is 0.533. The van der Waals surface area contributed by atoms with Gasteiger partial charge in [0.25, 0.3) is 0 Å². The lowest BCUT2D eigenvalue weighted by molar-refractivity contribution is 0.197. The number of hydrogen-bond donors (Lipinski definition) is 1. The topological polar surface area (TPSA) is 73.5 Å². The van der Waals surface area contributed by atoms with Crippen LogP contribution in [-0.4, -0.2) is 44.5 Å². The van der Waals surface area contributed by atoms with Crippen LogP contribution in [0.4, 0.5) is 0 Å². The van der Waals surface area contributed by atoms with Crippen LogP contribution in [0.2, 0.25) is 0 Å². The molecule has 2 aromatic heterocycles. The molecule has 0 saturated carbocycles. The smallest absolute Gasteiger partial charge is 0.102 e. The summed E-state index contributed by atoms with van der Waals surface area (Å²) in [6, 6.07) is 4.26. The molecular formula is C15H20N6. The van der Waals surface area contributed by atoms with Crippen molar-refractivity contribution in [1.82, 2.24) is 24.9 Å². The molecule has 0 radical (unpaired) electrons. The highest BCUT2D eigenvalue weighted by Crippen LogP contribution is 2.25. The number of nitrogens with zero attached hydrogens (tertiary/aromatic N) is 5. The first kappa shape index (κ1) is 13.8. The van der Waals surface area contributed by atoms with E-state index in [9.17, 15) is 0 Å². The Morgan fingerprint density at radius 1 is 1.48 bits per heavy atom. The molecule has 0 aliphatic carbocycles. The number of aryl methyl sites for hydroxylation is 1. The summed E-state index contributed by atoms with van der Waals surface area (Å²) >= 11 is 0. The molecule has 2 aromatic rings. The predicted molar refractivity (Wildman–Crippen MR) is 78.7 cm³/mol. The number of aromatic nitrogens is 4. The maximum atomic E-state index is 8.81. The molecule has 1 N–H and O–H groups in total. The molecule has 1 unspecified atom stereocenters. The van der Waals surface area contributed by atoms with E-state index in [-0.39, 0.29) is 0 Å².